The SMILES string of the molecule is O=C(O)CCn1cc(C(=O)Nc2nn(Cc3ccccc3Cl)cc2Cl)cn1. The third kappa shape index (κ3) is 4.87. The highest BCUT2D eigenvalue weighted by atomic mass is 35.5. The van der Waals surface area contributed by atoms with Crippen LogP contribution in [-0.2, 0) is 17.9 Å². The number of rotatable bonds is 7. The van der Waals surface area contributed by atoms with Crippen LogP contribution in [0.25, 0.3) is 0 Å². The number of aliphatic carboxylic acids is 1. The van der Waals surface area contributed by atoms with E-state index in [0.717, 1.165) is 5.56 Å². The first-order chi connectivity index (χ1) is 12.9. The lowest BCUT2D eigenvalue weighted by Gasteiger charge is -2.04. The fourth-order valence-electron chi connectivity index (χ4n) is 2.36. The van der Waals surface area contributed by atoms with Crippen molar-refractivity contribution in [2.45, 2.75) is 19.5 Å². The quantitative estimate of drug-likeness (QED) is 0.625. The summed E-state index contributed by atoms with van der Waals surface area (Å²) in [6, 6.07) is 7.37. The van der Waals surface area contributed by atoms with Crippen LogP contribution in [0.2, 0.25) is 10.0 Å². The molecule has 10 heteroatoms. The summed E-state index contributed by atoms with van der Waals surface area (Å²) in [6.45, 7) is 0.582. The van der Waals surface area contributed by atoms with Gasteiger partial charge in [0.25, 0.3) is 5.91 Å². The van der Waals surface area contributed by atoms with E-state index < -0.39 is 11.9 Å². The van der Waals surface area contributed by atoms with Gasteiger partial charge in [0.15, 0.2) is 5.82 Å². The molecule has 140 valence electrons. The van der Waals surface area contributed by atoms with Crippen LogP contribution in [0.1, 0.15) is 22.3 Å². The molecule has 0 aliphatic carbocycles. The number of benzene rings is 1. The minimum absolute atomic E-state index is 0.0823. The average Bonchev–Trinajstić information content (AvgIpc) is 3.22. The molecule has 0 bridgehead atoms. The molecular formula is C17H15Cl2N5O3. The van der Waals surface area contributed by atoms with E-state index in [-0.39, 0.29) is 29.4 Å². The van der Waals surface area contributed by atoms with Crippen molar-refractivity contribution in [2.24, 2.45) is 0 Å². The Labute approximate surface area is 164 Å². The molecule has 1 aromatic carbocycles. The van der Waals surface area contributed by atoms with Gasteiger partial charge in [-0.3, -0.25) is 19.0 Å². The highest BCUT2D eigenvalue weighted by Crippen LogP contribution is 2.22. The van der Waals surface area contributed by atoms with E-state index in [1.165, 1.54) is 17.1 Å². The first-order valence-electron chi connectivity index (χ1n) is 7.94. The van der Waals surface area contributed by atoms with E-state index in [9.17, 15) is 9.59 Å². The van der Waals surface area contributed by atoms with Gasteiger partial charge in [-0.05, 0) is 11.6 Å². The molecule has 2 N–H and O–H groups in total. The molecule has 0 radical (unpaired) electrons. The zero-order valence-electron chi connectivity index (χ0n) is 14.0. The number of carbonyl (C=O) groups is 2. The number of carboxylic acids is 1. The third-order valence-electron chi connectivity index (χ3n) is 3.69. The monoisotopic (exact) mass is 407 g/mol. The van der Waals surface area contributed by atoms with Crippen LogP contribution >= 0.6 is 23.2 Å². The summed E-state index contributed by atoms with van der Waals surface area (Å²) in [7, 11) is 0. The molecule has 0 aliphatic heterocycles. The normalized spacial score (nSPS) is 10.7. The Morgan fingerprint density at radius 1 is 1.11 bits per heavy atom. The molecule has 2 heterocycles. The van der Waals surface area contributed by atoms with Crippen molar-refractivity contribution in [2.75, 3.05) is 5.32 Å². The van der Waals surface area contributed by atoms with Gasteiger partial charge < -0.3 is 10.4 Å². The number of halogens is 2. The minimum atomic E-state index is -0.938. The highest BCUT2D eigenvalue weighted by molar-refractivity contribution is 6.33. The maximum Gasteiger partial charge on any atom is 0.305 e. The summed E-state index contributed by atoms with van der Waals surface area (Å²) in [5.74, 6) is -1.17. The number of aromatic nitrogens is 4. The second kappa shape index (κ2) is 8.24. The molecule has 3 rings (SSSR count). The number of nitrogens with zero attached hydrogens (tertiary/aromatic N) is 4. The summed E-state index contributed by atoms with van der Waals surface area (Å²) in [4.78, 5) is 22.9. The predicted molar refractivity (Wildman–Crippen MR) is 100 cm³/mol. The van der Waals surface area contributed by atoms with Gasteiger partial charge in [0, 0.05) is 17.4 Å². The van der Waals surface area contributed by atoms with E-state index in [4.69, 9.17) is 28.3 Å². The third-order valence-corrected chi connectivity index (χ3v) is 4.33. The standard InChI is InChI=1S/C17H15Cl2N5O3/c18-13-4-2-1-3-11(13)8-24-10-14(19)16(22-24)21-17(27)12-7-20-23(9-12)6-5-15(25)26/h1-4,7,9-10H,5-6,8H2,(H,25,26)(H,21,22,27). The van der Waals surface area contributed by atoms with Crippen LogP contribution in [0.3, 0.4) is 0 Å². The maximum atomic E-state index is 12.3. The lowest BCUT2D eigenvalue weighted by molar-refractivity contribution is -0.137. The lowest BCUT2D eigenvalue weighted by atomic mass is 10.2. The molecule has 3 aromatic rings. The molecule has 0 saturated carbocycles. The number of carbonyl (C=O) groups excluding carboxylic acids is 1. The Bertz CT molecular complexity index is 983. The number of hydrogen-bond donors (Lipinski definition) is 2. The number of nitrogens with one attached hydrogen (secondary N) is 1. The van der Waals surface area contributed by atoms with E-state index in [1.54, 1.807) is 16.9 Å². The Balaban J connectivity index is 1.67. The van der Waals surface area contributed by atoms with Gasteiger partial charge in [-0.25, -0.2) is 0 Å². The summed E-state index contributed by atoms with van der Waals surface area (Å²) in [5.41, 5.74) is 1.15. The number of amides is 1. The topological polar surface area (TPSA) is 102 Å². The number of hydrogen-bond acceptors (Lipinski definition) is 4. The molecule has 2 aromatic heterocycles. The van der Waals surface area contributed by atoms with Crippen LogP contribution in [-0.4, -0.2) is 36.5 Å². The van der Waals surface area contributed by atoms with Gasteiger partial charge >= 0.3 is 5.97 Å². The smallest absolute Gasteiger partial charge is 0.305 e. The molecule has 8 nitrogen and oxygen atoms in total. The van der Waals surface area contributed by atoms with E-state index in [2.05, 4.69) is 15.5 Å². The molecule has 0 aliphatic rings. The van der Waals surface area contributed by atoms with Crippen molar-refractivity contribution >= 4 is 40.9 Å². The number of anilines is 1. The average molecular weight is 408 g/mol. The molecule has 0 unspecified atom stereocenters. The highest BCUT2D eigenvalue weighted by Gasteiger charge is 2.15. The lowest BCUT2D eigenvalue weighted by Crippen LogP contribution is -2.12. The van der Waals surface area contributed by atoms with Gasteiger partial charge in [0.1, 0.15) is 5.02 Å². The van der Waals surface area contributed by atoms with Crippen molar-refractivity contribution in [3.63, 3.8) is 0 Å². The molecular weight excluding hydrogens is 393 g/mol. The van der Waals surface area contributed by atoms with Crippen molar-refractivity contribution in [3.05, 3.63) is 64.0 Å². The second-order valence-electron chi connectivity index (χ2n) is 5.70. The first-order valence-corrected chi connectivity index (χ1v) is 8.70. The van der Waals surface area contributed by atoms with Crippen LogP contribution < -0.4 is 5.32 Å². The molecule has 0 fully saturated rings. The Morgan fingerprint density at radius 2 is 1.89 bits per heavy atom. The second-order valence-corrected chi connectivity index (χ2v) is 6.52. The van der Waals surface area contributed by atoms with Crippen molar-refractivity contribution in [1.29, 1.82) is 0 Å². The van der Waals surface area contributed by atoms with E-state index in [0.29, 0.717) is 11.6 Å². The van der Waals surface area contributed by atoms with Crippen molar-refractivity contribution in [3.8, 4) is 0 Å². The molecule has 1 amide bonds. The Morgan fingerprint density at radius 3 is 2.63 bits per heavy atom. The van der Waals surface area contributed by atoms with E-state index in [1.807, 2.05) is 18.2 Å². The van der Waals surface area contributed by atoms with Gasteiger partial charge in [0.05, 0.1) is 31.3 Å². The number of carboxylic acid groups (broad SMARTS) is 1. The van der Waals surface area contributed by atoms with Gasteiger partial charge in [-0.2, -0.15) is 10.2 Å². The zero-order chi connectivity index (χ0) is 19.4. The maximum absolute atomic E-state index is 12.3. The van der Waals surface area contributed by atoms with Gasteiger partial charge in [0.2, 0.25) is 0 Å². The first kappa shape index (κ1) is 18.9. The van der Waals surface area contributed by atoms with Crippen molar-refractivity contribution < 1.29 is 14.7 Å². The van der Waals surface area contributed by atoms with Gasteiger partial charge in [-0.1, -0.05) is 41.4 Å². The largest absolute Gasteiger partial charge is 0.481 e. The Kier molecular flexibility index (Phi) is 5.78. The molecule has 0 atom stereocenters. The molecule has 0 saturated heterocycles. The zero-order valence-corrected chi connectivity index (χ0v) is 15.5. The summed E-state index contributed by atoms with van der Waals surface area (Å²) in [6.07, 6.45) is 4.33. The van der Waals surface area contributed by atoms with Crippen LogP contribution in [0.4, 0.5) is 5.82 Å². The van der Waals surface area contributed by atoms with Gasteiger partial charge in [-0.15, -0.1) is 0 Å². The minimum Gasteiger partial charge on any atom is -0.481 e. The summed E-state index contributed by atoms with van der Waals surface area (Å²) >= 11 is 12.3. The predicted octanol–water partition coefficient (Wildman–Crippen LogP) is 3.16. The number of aryl methyl sites for hydroxylation is 1. The summed E-state index contributed by atoms with van der Waals surface area (Å²) in [5, 5.41) is 20.4. The van der Waals surface area contributed by atoms with Crippen LogP contribution in [0, 0.1) is 0 Å². The van der Waals surface area contributed by atoms with Crippen LogP contribution in [0.5, 0.6) is 0 Å². The van der Waals surface area contributed by atoms with Crippen molar-refractivity contribution in [1.82, 2.24) is 19.6 Å². The summed E-state index contributed by atoms with van der Waals surface area (Å²) < 4.78 is 2.97. The Hall–Kier alpha value is -2.84. The van der Waals surface area contributed by atoms with E-state index >= 15 is 0 Å². The molecule has 0 spiro atoms. The fraction of sp³-hybridized carbons (Fsp3) is 0.176. The van der Waals surface area contributed by atoms with Crippen LogP contribution in [0.15, 0.2) is 42.9 Å². The fourth-order valence-corrected chi connectivity index (χ4v) is 2.75. The molecule has 27 heavy (non-hydrogen) atoms.